The Balaban J connectivity index is 2.04. The van der Waals surface area contributed by atoms with Crippen LogP contribution in [0.1, 0.15) is 23.1 Å². The van der Waals surface area contributed by atoms with Crippen LogP contribution in [0.25, 0.3) is 11.1 Å². The van der Waals surface area contributed by atoms with E-state index in [0.717, 1.165) is 16.7 Å². The molecule has 0 amide bonds. The van der Waals surface area contributed by atoms with Gasteiger partial charge in [0.05, 0.1) is 13.8 Å². The van der Waals surface area contributed by atoms with E-state index in [1.54, 1.807) is 12.1 Å². The lowest BCUT2D eigenvalue weighted by Crippen LogP contribution is -2.43. The van der Waals surface area contributed by atoms with E-state index in [4.69, 9.17) is 20.9 Å². The topological polar surface area (TPSA) is 70.5 Å². The predicted octanol–water partition coefficient (Wildman–Crippen LogP) is 5.05. The van der Waals surface area contributed by atoms with Gasteiger partial charge in [-0.15, -0.1) is 0 Å². The summed E-state index contributed by atoms with van der Waals surface area (Å²) in [6.45, 7) is 3.27. The Morgan fingerprint density at radius 2 is 1.78 bits per heavy atom. The van der Waals surface area contributed by atoms with Crippen LogP contribution in [0.5, 0.6) is 5.75 Å². The second-order valence-electron chi connectivity index (χ2n) is 7.64. The van der Waals surface area contributed by atoms with E-state index in [1.165, 1.54) is 13.2 Å². The molecule has 0 aliphatic heterocycles. The fourth-order valence-electron chi connectivity index (χ4n) is 3.60. The average molecular weight is 439 g/mol. The van der Waals surface area contributed by atoms with E-state index in [-0.39, 0.29) is 25.0 Å². The zero-order valence-electron chi connectivity index (χ0n) is 18.1. The Kier molecular flexibility index (Phi) is 7.49. The fraction of sp³-hybridized carbons (Fsp3) is 0.231. The number of hydrogen-bond donors (Lipinski definition) is 2. The standard InChI is InChI=1S/C26H28F2N2O2/c1-18(29)32-17-26(30,21-10-8-19(9-11-21)5-4-14-27)22-7-3-6-20(15-22)24-16-23(31-2)12-13-25(24)28/h3,6-13,15-16H,1,4-5,14,17,29-30H2,2H3. The minimum atomic E-state index is -1.08. The molecule has 0 aliphatic rings. The second-order valence-corrected chi connectivity index (χ2v) is 7.64. The first-order valence-electron chi connectivity index (χ1n) is 10.3. The molecular weight excluding hydrogens is 410 g/mol. The zero-order valence-corrected chi connectivity index (χ0v) is 18.1. The molecule has 3 aromatic rings. The third kappa shape index (κ3) is 5.26. The van der Waals surface area contributed by atoms with E-state index in [1.807, 2.05) is 48.5 Å². The van der Waals surface area contributed by atoms with E-state index < -0.39 is 5.54 Å². The van der Waals surface area contributed by atoms with Crippen LogP contribution < -0.4 is 16.2 Å². The Hall–Kier alpha value is -3.38. The molecular formula is C26H28F2N2O2. The molecule has 4 nitrogen and oxygen atoms in total. The van der Waals surface area contributed by atoms with Crippen molar-refractivity contribution in [3.8, 4) is 16.9 Å². The molecule has 1 unspecified atom stereocenters. The molecule has 0 bridgehead atoms. The van der Waals surface area contributed by atoms with Crippen LogP contribution in [0.4, 0.5) is 8.78 Å². The van der Waals surface area contributed by atoms with Gasteiger partial charge in [-0.1, -0.05) is 42.5 Å². The minimum absolute atomic E-state index is 0.0379. The number of benzene rings is 3. The molecule has 3 rings (SSSR count). The minimum Gasteiger partial charge on any atom is -0.497 e. The van der Waals surface area contributed by atoms with Crippen molar-refractivity contribution in [2.24, 2.45) is 11.5 Å². The van der Waals surface area contributed by atoms with Crippen LogP contribution in [-0.4, -0.2) is 20.4 Å². The van der Waals surface area contributed by atoms with Gasteiger partial charge in [0.2, 0.25) is 0 Å². The van der Waals surface area contributed by atoms with Crippen molar-refractivity contribution in [3.05, 3.63) is 102 Å². The molecule has 168 valence electrons. The first-order chi connectivity index (χ1) is 15.4. The maximum atomic E-state index is 14.6. The Labute approximate surface area is 187 Å². The average Bonchev–Trinajstić information content (AvgIpc) is 2.82. The maximum Gasteiger partial charge on any atom is 0.176 e. The summed E-state index contributed by atoms with van der Waals surface area (Å²) in [5.74, 6) is 0.237. The summed E-state index contributed by atoms with van der Waals surface area (Å²) in [6, 6.07) is 19.6. The van der Waals surface area contributed by atoms with Gasteiger partial charge in [-0.25, -0.2) is 4.39 Å². The number of aryl methyl sites for hydroxylation is 1. The first kappa shape index (κ1) is 23.3. The van der Waals surface area contributed by atoms with E-state index in [9.17, 15) is 8.78 Å². The number of alkyl halides is 1. The lowest BCUT2D eigenvalue weighted by Gasteiger charge is -2.31. The molecule has 0 heterocycles. The highest BCUT2D eigenvalue weighted by Crippen LogP contribution is 2.33. The highest BCUT2D eigenvalue weighted by atomic mass is 19.1. The van der Waals surface area contributed by atoms with Gasteiger partial charge in [0.1, 0.15) is 23.7 Å². The summed E-state index contributed by atoms with van der Waals surface area (Å²) in [7, 11) is 1.53. The van der Waals surface area contributed by atoms with Gasteiger partial charge in [-0.3, -0.25) is 4.39 Å². The molecule has 6 heteroatoms. The molecule has 0 aliphatic carbocycles. The Morgan fingerprint density at radius 3 is 2.44 bits per heavy atom. The van der Waals surface area contributed by atoms with Crippen LogP contribution in [0.2, 0.25) is 0 Å². The number of rotatable bonds is 10. The molecule has 0 saturated heterocycles. The smallest absolute Gasteiger partial charge is 0.176 e. The summed E-state index contributed by atoms with van der Waals surface area (Å²) in [6.07, 6.45) is 1.12. The quantitative estimate of drug-likeness (QED) is 0.435. The lowest BCUT2D eigenvalue weighted by atomic mass is 9.82. The van der Waals surface area contributed by atoms with E-state index in [2.05, 4.69) is 6.58 Å². The molecule has 32 heavy (non-hydrogen) atoms. The van der Waals surface area contributed by atoms with Crippen LogP contribution in [0.15, 0.2) is 79.2 Å². The van der Waals surface area contributed by atoms with Gasteiger partial charge < -0.3 is 20.9 Å². The largest absolute Gasteiger partial charge is 0.497 e. The number of nitrogens with two attached hydrogens (primary N) is 2. The molecule has 4 N–H and O–H groups in total. The Morgan fingerprint density at radius 1 is 1.03 bits per heavy atom. The summed E-state index contributed by atoms with van der Waals surface area (Å²) in [4.78, 5) is 0. The molecule has 0 fully saturated rings. The predicted molar refractivity (Wildman–Crippen MR) is 123 cm³/mol. The SMILES string of the molecule is C=C(N)OCC(N)(c1ccc(CCCF)cc1)c1cccc(-c2cc(OC)ccc2F)c1. The highest BCUT2D eigenvalue weighted by Gasteiger charge is 2.31. The van der Waals surface area contributed by atoms with E-state index >= 15 is 0 Å². The van der Waals surface area contributed by atoms with Crippen molar-refractivity contribution in [2.75, 3.05) is 20.4 Å². The van der Waals surface area contributed by atoms with Crippen molar-refractivity contribution in [2.45, 2.75) is 18.4 Å². The number of methoxy groups -OCH3 is 1. The van der Waals surface area contributed by atoms with Gasteiger partial charge in [0.15, 0.2) is 5.88 Å². The fourth-order valence-corrected chi connectivity index (χ4v) is 3.60. The summed E-state index contributed by atoms with van der Waals surface area (Å²) >= 11 is 0. The van der Waals surface area contributed by atoms with Crippen molar-refractivity contribution >= 4 is 0 Å². The second kappa shape index (κ2) is 10.3. The van der Waals surface area contributed by atoms with Crippen LogP contribution >= 0.6 is 0 Å². The summed E-state index contributed by atoms with van der Waals surface area (Å²) < 4.78 is 37.9. The first-order valence-corrected chi connectivity index (χ1v) is 10.3. The van der Waals surface area contributed by atoms with Gasteiger partial charge in [-0.2, -0.15) is 0 Å². The van der Waals surface area contributed by atoms with E-state index in [0.29, 0.717) is 29.7 Å². The van der Waals surface area contributed by atoms with Crippen LogP contribution in [0.3, 0.4) is 0 Å². The molecule has 0 radical (unpaired) electrons. The normalized spacial score (nSPS) is 12.8. The van der Waals surface area contributed by atoms with Gasteiger partial charge in [-0.05, 0) is 65.9 Å². The molecule has 0 spiro atoms. The van der Waals surface area contributed by atoms with Crippen LogP contribution in [0, 0.1) is 5.82 Å². The van der Waals surface area contributed by atoms with Crippen molar-refractivity contribution < 1.29 is 18.3 Å². The third-order valence-electron chi connectivity index (χ3n) is 5.42. The van der Waals surface area contributed by atoms with Gasteiger partial charge in [0, 0.05) is 5.56 Å². The van der Waals surface area contributed by atoms with Crippen molar-refractivity contribution in [1.29, 1.82) is 0 Å². The van der Waals surface area contributed by atoms with Crippen molar-refractivity contribution in [3.63, 3.8) is 0 Å². The number of halogens is 2. The highest BCUT2D eigenvalue weighted by molar-refractivity contribution is 5.67. The summed E-state index contributed by atoms with van der Waals surface area (Å²) in [5.41, 5.74) is 15.0. The lowest BCUT2D eigenvalue weighted by molar-refractivity contribution is 0.161. The van der Waals surface area contributed by atoms with Crippen molar-refractivity contribution in [1.82, 2.24) is 0 Å². The Bertz CT molecular complexity index is 1070. The monoisotopic (exact) mass is 438 g/mol. The summed E-state index contributed by atoms with van der Waals surface area (Å²) in [5, 5.41) is 0. The third-order valence-corrected chi connectivity index (χ3v) is 5.42. The molecule has 0 saturated carbocycles. The van der Waals surface area contributed by atoms with Gasteiger partial charge in [0.25, 0.3) is 0 Å². The zero-order chi connectivity index (χ0) is 23.1. The maximum absolute atomic E-state index is 14.6. The molecule has 3 aromatic carbocycles. The molecule has 1 atom stereocenters. The number of ether oxygens (including phenoxy) is 2. The van der Waals surface area contributed by atoms with Crippen LogP contribution in [-0.2, 0) is 16.7 Å². The van der Waals surface area contributed by atoms with Gasteiger partial charge >= 0.3 is 0 Å². The molecule has 0 aromatic heterocycles. The number of hydrogen-bond acceptors (Lipinski definition) is 4.